The molecule has 2 aromatic carbocycles. The summed E-state index contributed by atoms with van der Waals surface area (Å²) >= 11 is 5.85. The molecule has 6 nitrogen and oxygen atoms in total. The fourth-order valence-electron chi connectivity index (χ4n) is 3.59. The summed E-state index contributed by atoms with van der Waals surface area (Å²) in [6.45, 7) is 2.09. The third-order valence-corrected chi connectivity index (χ3v) is 5.27. The van der Waals surface area contributed by atoms with Crippen LogP contribution in [0, 0.1) is 0 Å². The van der Waals surface area contributed by atoms with Crippen molar-refractivity contribution in [2.45, 2.75) is 18.9 Å². The molecule has 1 aliphatic heterocycles. The number of nitrogens with zero attached hydrogens (tertiary/aromatic N) is 1. The van der Waals surface area contributed by atoms with Gasteiger partial charge in [0.2, 0.25) is 5.91 Å². The predicted molar refractivity (Wildman–Crippen MR) is 113 cm³/mol. The zero-order chi connectivity index (χ0) is 20.6. The summed E-state index contributed by atoms with van der Waals surface area (Å²) in [4.78, 5) is 14.6. The maximum atomic E-state index is 12.4. The molecule has 2 aromatic rings. The molecular weight excluding hydrogens is 392 g/mol. The van der Waals surface area contributed by atoms with E-state index in [2.05, 4.69) is 10.2 Å². The highest BCUT2D eigenvalue weighted by atomic mass is 35.5. The number of benzene rings is 2. The summed E-state index contributed by atoms with van der Waals surface area (Å²) in [6.07, 6.45) is 2.04. The van der Waals surface area contributed by atoms with Crippen molar-refractivity contribution in [3.05, 3.63) is 53.1 Å². The number of carbonyl (C=O) groups is 1. The minimum atomic E-state index is -0.0101. The van der Waals surface area contributed by atoms with Crippen LogP contribution in [-0.2, 0) is 4.79 Å². The van der Waals surface area contributed by atoms with E-state index >= 15 is 0 Å². The van der Waals surface area contributed by atoms with E-state index in [-0.39, 0.29) is 11.9 Å². The van der Waals surface area contributed by atoms with Gasteiger partial charge in [-0.15, -0.1) is 0 Å². The number of hydrogen-bond acceptors (Lipinski definition) is 5. The average molecular weight is 419 g/mol. The third-order valence-electron chi connectivity index (χ3n) is 5.02. The Morgan fingerprint density at radius 3 is 2.62 bits per heavy atom. The molecule has 0 radical (unpaired) electrons. The second-order valence-electron chi connectivity index (χ2n) is 6.89. The number of halogens is 1. The van der Waals surface area contributed by atoms with E-state index in [0.717, 1.165) is 42.2 Å². The van der Waals surface area contributed by atoms with Crippen molar-refractivity contribution in [3.63, 3.8) is 0 Å². The van der Waals surface area contributed by atoms with Crippen LogP contribution < -0.4 is 19.5 Å². The quantitative estimate of drug-likeness (QED) is 0.629. The minimum Gasteiger partial charge on any atom is -0.497 e. The predicted octanol–water partition coefficient (Wildman–Crippen LogP) is 3.69. The number of nitrogens with one attached hydrogen (secondary N) is 1. The number of carbonyl (C=O) groups excluding carboxylic acids is 1. The highest BCUT2D eigenvalue weighted by molar-refractivity contribution is 6.30. The van der Waals surface area contributed by atoms with Crippen molar-refractivity contribution in [1.29, 1.82) is 0 Å². The maximum Gasteiger partial charge on any atom is 0.234 e. The number of hydrogen-bond donors (Lipinski definition) is 1. The van der Waals surface area contributed by atoms with Crippen LogP contribution in [0.5, 0.6) is 17.2 Å². The van der Waals surface area contributed by atoms with Gasteiger partial charge in [0, 0.05) is 22.7 Å². The molecule has 0 aliphatic carbocycles. The Kier molecular flexibility index (Phi) is 7.61. The van der Waals surface area contributed by atoms with Crippen LogP contribution in [0.4, 0.5) is 0 Å². The lowest BCUT2D eigenvalue weighted by atomic mass is 10.0. The Morgan fingerprint density at radius 1 is 1.14 bits per heavy atom. The molecular formula is C22H27ClN2O4. The molecule has 1 amide bonds. The maximum absolute atomic E-state index is 12.4. The van der Waals surface area contributed by atoms with E-state index in [1.807, 2.05) is 18.2 Å². The van der Waals surface area contributed by atoms with E-state index < -0.39 is 0 Å². The molecule has 1 heterocycles. The Hall–Kier alpha value is -2.44. The third kappa shape index (κ3) is 5.78. The van der Waals surface area contributed by atoms with E-state index in [0.29, 0.717) is 24.7 Å². The summed E-state index contributed by atoms with van der Waals surface area (Å²) < 4.78 is 16.4. The number of likely N-dealkylation sites (tertiary alicyclic amines) is 1. The van der Waals surface area contributed by atoms with E-state index in [1.165, 1.54) is 0 Å². The first-order chi connectivity index (χ1) is 14.1. The Bertz CT molecular complexity index is 813. The molecule has 1 saturated heterocycles. The molecule has 0 saturated carbocycles. The molecule has 1 N–H and O–H groups in total. The van der Waals surface area contributed by atoms with Crippen molar-refractivity contribution >= 4 is 17.5 Å². The molecule has 1 aliphatic rings. The molecule has 0 spiro atoms. The van der Waals surface area contributed by atoms with Crippen molar-refractivity contribution in [2.75, 3.05) is 40.5 Å². The van der Waals surface area contributed by atoms with Crippen molar-refractivity contribution < 1.29 is 19.0 Å². The van der Waals surface area contributed by atoms with Crippen LogP contribution >= 0.6 is 11.6 Å². The average Bonchev–Trinajstić information content (AvgIpc) is 3.19. The van der Waals surface area contributed by atoms with Crippen molar-refractivity contribution in [3.8, 4) is 17.2 Å². The van der Waals surface area contributed by atoms with Gasteiger partial charge in [0.15, 0.2) is 0 Å². The zero-order valence-corrected chi connectivity index (χ0v) is 17.6. The first-order valence-electron chi connectivity index (χ1n) is 9.71. The first-order valence-corrected chi connectivity index (χ1v) is 10.1. The summed E-state index contributed by atoms with van der Waals surface area (Å²) in [5, 5.41) is 3.59. The lowest BCUT2D eigenvalue weighted by molar-refractivity contribution is -0.122. The number of amides is 1. The van der Waals surface area contributed by atoms with Gasteiger partial charge in [-0.3, -0.25) is 9.69 Å². The molecule has 0 aromatic heterocycles. The number of rotatable bonds is 9. The number of methoxy groups -OCH3 is 2. The molecule has 1 atom stereocenters. The van der Waals surface area contributed by atoms with Crippen LogP contribution in [0.3, 0.4) is 0 Å². The molecule has 0 bridgehead atoms. The van der Waals surface area contributed by atoms with Gasteiger partial charge in [-0.25, -0.2) is 0 Å². The van der Waals surface area contributed by atoms with Gasteiger partial charge in [-0.2, -0.15) is 0 Å². The lowest BCUT2D eigenvalue weighted by Gasteiger charge is -2.25. The summed E-state index contributed by atoms with van der Waals surface area (Å²) in [5.74, 6) is 2.27. The summed E-state index contributed by atoms with van der Waals surface area (Å²) in [6, 6.07) is 13.2. The summed E-state index contributed by atoms with van der Waals surface area (Å²) in [7, 11) is 3.29. The van der Waals surface area contributed by atoms with Crippen LogP contribution in [-0.4, -0.2) is 51.3 Å². The van der Waals surface area contributed by atoms with E-state index in [9.17, 15) is 4.79 Å². The normalized spacial score (nSPS) is 16.4. The van der Waals surface area contributed by atoms with Crippen LogP contribution in [0.25, 0.3) is 0 Å². The monoisotopic (exact) mass is 418 g/mol. The molecule has 7 heteroatoms. The van der Waals surface area contributed by atoms with Crippen LogP contribution in [0.1, 0.15) is 24.4 Å². The van der Waals surface area contributed by atoms with Crippen molar-refractivity contribution in [1.82, 2.24) is 10.2 Å². The standard InChI is InChI=1S/C22H27ClN2O4/c1-27-18-9-10-19(21(14-18)28-2)20-4-3-12-25(20)15-22(26)24-11-13-29-17-7-5-16(23)6-8-17/h5-10,14,20H,3-4,11-13,15H2,1-2H3,(H,24,26)/t20-/m0/s1. The second kappa shape index (κ2) is 10.4. The molecule has 29 heavy (non-hydrogen) atoms. The van der Waals surface area contributed by atoms with Gasteiger partial charge in [0.25, 0.3) is 0 Å². The Labute approximate surface area is 176 Å². The van der Waals surface area contributed by atoms with E-state index in [4.69, 9.17) is 25.8 Å². The van der Waals surface area contributed by atoms with Crippen LogP contribution in [0.15, 0.2) is 42.5 Å². The summed E-state index contributed by atoms with van der Waals surface area (Å²) in [5.41, 5.74) is 1.09. The SMILES string of the molecule is COc1ccc([C@@H]2CCCN2CC(=O)NCCOc2ccc(Cl)cc2)c(OC)c1. The highest BCUT2D eigenvalue weighted by Gasteiger charge is 2.29. The second-order valence-corrected chi connectivity index (χ2v) is 7.33. The largest absolute Gasteiger partial charge is 0.497 e. The first kappa shape index (κ1) is 21.3. The van der Waals surface area contributed by atoms with Crippen molar-refractivity contribution in [2.24, 2.45) is 0 Å². The zero-order valence-electron chi connectivity index (χ0n) is 16.8. The van der Waals surface area contributed by atoms with Gasteiger partial charge in [0.05, 0.1) is 27.3 Å². The molecule has 1 fully saturated rings. The topological polar surface area (TPSA) is 60.0 Å². The fourth-order valence-corrected chi connectivity index (χ4v) is 3.72. The van der Waals surface area contributed by atoms with Gasteiger partial charge in [0.1, 0.15) is 23.9 Å². The molecule has 156 valence electrons. The Balaban J connectivity index is 1.50. The number of ether oxygens (including phenoxy) is 3. The van der Waals surface area contributed by atoms with Gasteiger partial charge in [-0.1, -0.05) is 17.7 Å². The van der Waals surface area contributed by atoms with Gasteiger partial charge in [-0.05, 0) is 49.7 Å². The van der Waals surface area contributed by atoms with E-state index in [1.54, 1.807) is 38.5 Å². The Morgan fingerprint density at radius 2 is 1.90 bits per heavy atom. The minimum absolute atomic E-state index is 0.0101. The molecule has 0 unspecified atom stereocenters. The highest BCUT2D eigenvalue weighted by Crippen LogP contribution is 2.38. The fraction of sp³-hybridized carbons (Fsp3) is 0.409. The lowest BCUT2D eigenvalue weighted by Crippen LogP contribution is -2.38. The smallest absolute Gasteiger partial charge is 0.234 e. The van der Waals surface area contributed by atoms with Gasteiger partial charge >= 0.3 is 0 Å². The van der Waals surface area contributed by atoms with Gasteiger partial charge < -0.3 is 19.5 Å². The molecule has 3 rings (SSSR count). The van der Waals surface area contributed by atoms with Crippen LogP contribution in [0.2, 0.25) is 5.02 Å².